The fourth-order valence-electron chi connectivity index (χ4n) is 2.08. The monoisotopic (exact) mass is 375 g/mol. The average molecular weight is 376 g/mol. The van der Waals surface area contributed by atoms with Gasteiger partial charge >= 0.3 is 5.97 Å². The summed E-state index contributed by atoms with van der Waals surface area (Å²) < 4.78 is 4.61. The van der Waals surface area contributed by atoms with E-state index in [1.165, 1.54) is 19.2 Å². The highest BCUT2D eigenvalue weighted by atomic mass is 35.5. The quantitative estimate of drug-likeness (QED) is 0.449. The van der Waals surface area contributed by atoms with Gasteiger partial charge in [0.05, 0.1) is 37.5 Å². The van der Waals surface area contributed by atoms with E-state index in [4.69, 9.17) is 9.94 Å². The molecule has 2 aliphatic rings. The summed E-state index contributed by atoms with van der Waals surface area (Å²) in [6, 6.07) is 6.31. The third-order valence-corrected chi connectivity index (χ3v) is 3.29. The SMILES string of the molecule is COC(=O)c1ccccc1C(=O)N1C[C@H](O)CO1.O[C@H]1CNOC1.[Cl-]. The van der Waals surface area contributed by atoms with E-state index >= 15 is 0 Å². The molecular formula is C15H20ClN2O7-. The Morgan fingerprint density at radius 2 is 1.88 bits per heavy atom. The highest BCUT2D eigenvalue weighted by Crippen LogP contribution is 2.16. The van der Waals surface area contributed by atoms with Gasteiger partial charge in [0.2, 0.25) is 0 Å². The minimum atomic E-state index is -0.695. The number of benzene rings is 1. The fraction of sp³-hybridized carbons (Fsp3) is 0.467. The number of rotatable bonds is 2. The van der Waals surface area contributed by atoms with Gasteiger partial charge in [0.1, 0.15) is 12.7 Å². The van der Waals surface area contributed by atoms with E-state index in [0.29, 0.717) is 13.2 Å². The summed E-state index contributed by atoms with van der Waals surface area (Å²) in [6.45, 7) is 1.17. The summed E-state index contributed by atoms with van der Waals surface area (Å²) in [5, 5.41) is 18.9. The van der Waals surface area contributed by atoms with E-state index < -0.39 is 18.0 Å². The van der Waals surface area contributed by atoms with E-state index in [9.17, 15) is 14.7 Å². The molecule has 0 saturated carbocycles. The Hall–Kier alpha value is -1.75. The Morgan fingerprint density at radius 3 is 2.32 bits per heavy atom. The number of hydrogen-bond acceptors (Lipinski definition) is 8. The van der Waals surface area contributed by atoms with Crippen LogP contribution in [0.15, 0.2) is 24.3 Å². The van der Waals surface area contributed by atoms with Crippen LogP contribution in [0.2, 0.25) is 0 Å². The number of esters is 1. The minimum absolute atomic E-state index is 0. The lowest BCUT2D eigenvalue weighted by atomic mass is 10.1. The van der Waals surface area contributed by atoms with E-state index in [0.717, 1.165) is 5.06 Å². The first-order valence-corrected chi connectivity index (χ1v) is 7.35. The van der Waals surface area contributed by atoms with E-state index in [1.54, 1.807) is 12.1 Å². The summed E-state index contributed by atoms with van der Waals surface area (Å²) in [4.78, 5) is 33.2. The zero-order valence-electron chi connectivity index (χ0n) is 13.6. The second kappa shape index (κ2) is 10.3. The number of amides is 1. The molecule has 2 atom stereocenters. The Bertz CT molecular complexity index is 581. The second-order valence-corrected chi connectivity index (χ2v) is 5.17. The smallest absolute Gasteiger partial charge is 0.338 e. The number of carbonyl (C=O) groups excluding carboxylic acids is 2. The Labute approximate surface area is 150 Å². The first-order chi connectivity index (χ1) is 11.5. The number of aliphatic hydroxyl groups excluding tert-OH is 2. The number of β-amino-alcohol motifs (C(OH)–C–C–N with tert-alkyl or cyclic N) is 2. The molecular weight excluding hydrogens is 356 g/mol. The molecule has 3 rings (SSSR count). The molecule has 1 amide bonds. The van der Waals surface area contributed by atoms with Crippen molar-refractivity contribution >= 4 is 11.9 Å². The highest BCUT2D eigenvalue weighted by molar-refractivity contribution is 6.05. The summed E-state index contributed by atoms with van der Waals surface area (Å²) in [5.74, 6) is -1.05. The van der Waals surface area contributed by atoms with Crippen LogP contribution in [-0.4, -0.2) is 72.8 Å². The maximum Gasteiger partial charge on any atom is 0.338 e. The van der Waals surface area contributed by atoms with Crippen molar-refractivity contribution in [2.45, 2.75) is 12.2 Å². The van der Waals surface area contributed by atoms with Crippen LogP contribution in [0.25, 0.3) is 0 Å². The van der Waals surface area contributed by atoms with Crippen LogP contribution in [0, 0.1) is 0 Å². The molecule has 0 aliphatic carbocycles. The Balaban J connectivity index is 0.000000379. The van der Waals surface area contributed by atoms with Crippen molar-refractivity contribution in [1.82, 2.24) is 10.5 Å². The van der Waals surface area contributed by atoms with Crippen LogP contribution in [-0.2, 0) is 14.4 Å². The zero-order valence-corrected chi connectivity index (χ0v) is 14.3. The second-order valence-electron chi connectivity index (χ2n) is 5.17. The number of nitrogens with zero attached hydrogens (tertiary/aromatic N) is 1. The molecule has 0 spiro atoms. The zero-order chi connectivity index (χ0) is 17.5. The normalized spacial score (nSPS) is 21.8. The number of aliphatic hydroxyl groups is 2. The molecule has 0 radical (unpaired) electrons. The van der Waals surface area contributed by atoms with Gasteiger partial charge in [-0.15, -0.1) is 0 Å². The maximum atomic E-state index is 12.1. The number of nitrogens with one attached hydrogen (secondary N) is 1. The maximum absolute atomic E-state index is 12.1. The van der Waals surface area contributed by atoms with Gasteiger partial charge in [-0.1, -0.05) is 12.1 Å². The van der Waals surface area contributed by atoms with Crippen molar-refractivity contribution in [1.29, 1.82) is 0 Å². The highest BCUT2D eigenvalue weighted by Gasteiger charge is 2.29. The van der Waals surface area contributed by atoms with Crippen molar-refractivity contribution in [2.75, 3.05) is 33.4 Å². The molecule has 2 aliphatic heterocycles. The molecule has 1 aromatic rings. The molecule has 2 saturated heterocycles. The average Bonchev–Trinajstić information content (AvgIpc) is 3.25. The molecule has 9 nitrogen and oxygen atoms in total. The van der Waals surface area contributed by atoms with Crippen molar-refractivity contribution in [2.24, 2.45) is 0 Å². The predicted molar refractivity (Wildman–Crippen MR) is 80.7 cm³/mol. The van der Waals surface area contributed by atoms with Crippen LogP contribution in [0.5, 0.6) is 0 Å². The number of methoxy groups -OCH3 is 1. The van der Waals surface area contributed by atoms with E-state index in [1.807, 2.05) is 0 Å². The molecule has 0 bridgehead atoms. The third-order valence-electron chi connectivity index (χ3n) is 3.29. The van der Waals surface area contributed by atoms with Gasteiger partial charge in [0, 0.05) is 6.54 Å². The van der Waals surface area contributed by atoms with Crippen molar-refractivity contribution < 1.29 is 46.6 Å². The lowest BCUT2D eigenvalue weighted by Gasteiger charge is -2.15. The standard InChI is InChI=1S/C12H13NO5.C3H7NO2.ClH/c1-17-12(16)10-5-3-2-4-9(10)11(15)13-6-8(14)7-18-13;5-3-1-4-6-2-3;/h2-5,8,14H,6-7H2,1H3;3-5H,1-2H2;1H/p-1/t8-;3-;/m00./s1. The van der Waals surface area contributed by atoms with Gasteiger partial charge < -0.3 is 27.4 Å². The van der Waals surface area contributed by atoms with Gasteiger partial charge in [-0.3, -0.25) is 14.5 Å². The van der Waals surface area contributed by atoms with E-state index in [-0.39, 0.29) is 42.8 Å². The molecule has 140 valence electrons. The van der Waals surface area contributed by atoms with E-state index in [2.05, 4.69) is 15.1 Å². The van der Waals surface area contributed by atoms with Gasteiger partial charge in [0.15, 0.2) is 0 Å². The Morgan fingerprint density at radius 1 is 1.20 bits per heavy atom. The fourth-order valence-corrected chi connectivity index (χ4v) is 2.08. The molecule has 3 N–H and O–H groups in total. The van der Waals surface area contributed by atoms with Gasteiger partial charge in [-0.2, -0.15) is 5.48 Å². The minimum Gasteiger partial charge on any atom is -1.00 e. The third kappa shape index (κ3) is 5.92. The molecule has 1 aromatic carbocycles. The van der Waals surface area contributed by atoms with Crippen molar-refractivity contribution in [3.05, 3.63) is 35.4 Å². The molecule has 10 heteroatoms. The largest absolute Gasteiger partial charge is 1.00 e. The molecule has 2 heterocycles. The first-order valence-electron chi connectivity index (χ1n) is 7.35. The number of ether oxygens (including phenoxy) is 1. The Kier molecular flexibility index (Phi) is 8.76. The molecule has 2 fully saturated rings. The lowest BCUT2D eigenvalue weighted by Crippen LogP contribution is -3.00. The van der Waals surface area contributed by atoms with Gasteiger partial charge in [-0.25, -0.2) is 9.86 Å². The lowest BCUT2D eigenvalue weighted by molar-refractivity contribution is -0.0780. The number of hydroxylamine groups is 3. The van der Waals surface area contributed by atoms with Crippen LogP contribution in [0.3, 0.4) is 0 Å². The first kappa shape index (κ1) is 21.3. The summed E-state index contributed by atoms with van der Waals surface area (Å²) in [6.07, 6.45) is -0.982. The van der Waals surface area contributed by atoms with Crippen LogP contribution < -0.4 is 17.9 Å². The van der Waals surface area contributed by atoms with Gasteiger partial charge in [0.25, 0.3) is 5.91 Å². The predicted octanol–water partition coefficient (Wildman–Crippen LogP) is -3.89. The number of carbonyl (C=O) groups is 2. The van der Waals surface area contributed by atoms with Gasteiger partial charge in [-0.05, 0) is 12.1 Å². The number of halogens is 1. The van der Waals surface area contributed by atoms with Crippen molar-refractivity contribution in [3.63, 3.8) is 0 Å². The summed E-state index contributed by atoms with van der Waals surface area (Å²) in [7, 11) is 1.25. The topological polar surface area (TPSA) is 118 Å². The number of hydrogen-bond donors (Lipinski definition) is 3. The van der Waals surface area contributed by atoms with Crippen LogP contribution in [0.4, 0.5) is 0 Å². The molecule has 0 aromatic heterocycles. The van der Waals surface area contributed by atoms with Crippen LogP contribution in [0.1, 0.15) is 20.7 Å². The molecule has 0 unspecified atom stereocenters. The van der Waals surface area contributed by atoms with Crippen molar-refractivity contribution in [3.8, 4) is 0 Å². The van der Waals surface area contributed by atoms with Crippen LogP contribution >= 0.6 is 0 Å². The summed E-state index contributed by atoms with van der Waals surface area (Å²) >= 11 is 0. The molecule has 25 heavy (non-hydrogen) atoms. The summed E-state index contributed by atoms with van der Waals surface area (Å²) in [5.41, 5.74) is 2.89.